The lowest BCUT2D eigenvalue weighted by molar-refractivity contribution is -0.118. The minimum Gasteiger partial charge on any atom is -0.483 e. The lowest BCUT2D eigenvalue weighted by Gasteiger charge is -2.18. The van der Waals surface area contributed by atoms with E-state index in [-0.39, 0.29) is 24.1 Å². The van der Waals surface area contributed by atoms with Gasteiger partial charge in [0.25, 0.3) is 5.91 Å². The zero-order valence-corrected chi connectivity index (χ0v) is 16.3. The van der Waals surface area contributed by atoms with E-state index in [0.29, 0.717) is 29.4 Å². The third kappa shape index (κ3) is 4.94. The number of ether oxygens (including phenoxy) is 2. The quantitative estimate of drug-likeness (QED) is 0.712. The Balaban J connectivity index is 1.58. The Morgan fingerprint density at radius 3 is 2.57 bits per heavy atom. The molecule has 3 amide bonds. The van der Waals surface area contributed by atoms with E-state index >= 15 is 0 Å². The summed E-state index contributed by atoms with van der Waals surface area (Å²) in [5, 5.41) is 8.12. The summed E-state index contributed by atoms with van der Waals surface area (Å²) in [6, 6.07) is 12.3. The van der Waals surface area contributed by atoms with Crippen molar-refractivity contribution >= 4 is 23.3 Å². The van der Waals surface area contributed by atoms with Crippen LogP contribution in [0.1, 0.15) is 26.3 Å². The first-order chi connectivity index (χ1) is 13.4. The molecule has 0 atom stereocenters. The molecule has 3 rings (SSSR count). The summed E-state index contributed by atoms with van der Waals surface area (Å²) < 4.78 is 11.6. The van der Waals surface area contributed by atoms with Crippen LogP contribution in [-0.2, 0) is 11.2 Å². The number of nitrogens with one attached hydrogen (secondary N) is 3. The van der Waals surface area contributed by atoms with Crippen LogP contribution in [0.3, 0.4) is 0 Å². The molecule has 2 aromatic carbocycles. The van der Waals surface area contributed by atoms with Gasteiger partial charge in [0.1, 0.15) is 5.60 Å². The monoisotopic (exact) mass is 383 g/mol. The number of rotatable bonds is 6. The standard InChI is InChI=1S/C21H25N3O4/c1-4-22-20(26)24-16-9-6-8-15(11-16)23-18(25)13-27-17-10-5-7-14-12-21(2,3)28-19(14)17/h5-11H,4,12-13H2,1-3H3,(H,23,25)(H2,22,24,26). The van der Waals surface area contributed by atoms with E-state index < -0.39 is 0 Å². The molecular formula is C21H25N3O4. The van der Waals surface area contributed by atoms with E-state index in [4.69, 9.17) is 9.47 Å². The Bertz CT molecular complexity index is 880. The van der Waals surface area contributed by atoms with Gasteiger partial charge in [0.05, 0.1) is 0 Å². The molecule has 0 aliphatic carbocycles. The van der Waals surface area contributed by atoms with E-state index in [9.17, 15) is 9.59 Å². The highest BCUT2D eigenvalue weighted by Gasteiger charge is 2.32. The molecule has 148 valence electrons. The van der Waals surface area contributed by atoms with E-state index in [2.05, 4.69) is 16.0 Å². The third-order valence-electron chi connectivity index (χ3n) is 4.16. The highest BCUT2D eigenvalue weighted by molar-refractivity contribution is 5.94. The third-order valence-corrected chi connectivity index (χ3v) is 4.16. The van der Waals surface area contributed by atoms with Gasteiger partial charge >= 0.3 is 6.03 Å². The zero-order valence-electron chi connectivity index (χ0n) is 16.3. The maximum Gasteiger partial charge on any atom is 0.319 e. The average Bonchev–Trinajstić information content (AvgIpc) is 2.94. The normalized spacial score (nSPS) is 13.8. The van der Waals surface area contributed by atoms with Crippen LogP contribution >= 0.6 is 0 Å². The van der Waals surface area contributed by atoms with Crippen LogP contribution in [0.2, 0.25) is 0 Å². The molecule has 1 aliphatic heterocycles. The fourth-order valence-corrected chi connectivity index (χ4v) is 3.05. The largest absolute Gasteiger partial charge is 0.483 e. The lowest BCUT2D eigenvalue weighted by atomic mass is 10.0. The molecule has 28 heavy (non-hydrogen) atoms. The molecule has 0 saturated heterocycles. The van der Waals surface area contributed by atoms with Crippen LogP contribution < -0.4 is 25.4 Å². The number of anilines is 2. The zero-order chi connectivity index (χ0) is 20.1. The molecule has 2 aromatic rings. The van der Waals surface area contributed by atoms with Crippen LogP contribution in [0, 0.1) is 0 Å². The number of hydrogen-bond donors (Lipinski definition) is 3. The molecular weight excluding hydrogens is 358 g/mol. The first kappa shape index (κ1) is 19.5. The number of benzene rings is 2. The van der Waals surface area contributed by atoms with Crippen molar-refractivity contribution in [3.8, 4) is 11.5 Å². The van der Waals surface area contributed by atoms with Gasteiger partial charge in [-0.25, -0.2) is 4.79 Å². The molecule has 1 heterocycles. The predicted molar refractivity (Wildman–Crippen MR) is 108 cm³/mol. The number of urea groups is 1. The maximum absolute atomic E-state index is 12.3. The Morgan fingerprint density at radius 1 is 1.11 bits per heavy atom. The number of hydrogen-bond acceptors (Lipinski definition) is 4. The van der Waals surface area contributed by atoms with Crippen LogP contribution in [-0.4, -0.2) is 30.7 Å². The number of para-hydroxylation sites is 1. The second kappa shape index (κ2) is 8.21. The maximum atomic E-state index is 12.3. The van der Waals surface area contributed by atoms with Crippen molar-refractivity contribution in [3.63, 3.8) is 0 Å². The number of amides is 3. The van der Waals surface area contributed by atoms with Gasteiger partial charge in [-0.3, -0.25) is 4.79 Å². The van der Waals surface area contributed by atoms with Gasteiger partial charge in [-0.15, -0.1) is 0 Å². The molecule has 0 aromatic heterocycles. The van der Waals surface area contributed by atoms with Gasteiger partial charge in [-0.2, -0.15) is 0 Å². The molecule has 7 heteroatoms. The van der Waals surface area contributed by atoms with Crippen LogP contribution in [0.5, 0.6) is 11.5 Å². The SMILES string of the molecule is CCNC(=O)Nc1cccc(NC(=O)COc2cccc3c2OC(C)(C)C3)c1. The second-order valence-electron chi connectivity index (χ2n) is 7.19. The van der Waals surface area contributed by atoms with Crippen molar-refractivity contribution < 1.29 is 19.1 Å². The van der Waals surface area contributed by atoms with E-state index in [1.165, 1.54) is 0 Å². The number of fused-ring (bicyclic) bond motifs is 1. The smallest absolute Gasteiger partial charge is 0.319 e. The highest BCUT2D eigenvalue weighted by Crippen LogP contribution is 2.41. The Kier molecular flexibility index (Phi) is 5.73. The molecule has 0 saturated carbocycles. The fourth-order valence-electron chi connectivity index (χ4n) is 3.05. The first-order valence-electron chi connectivity index (χ1n) is 9.25. The van der Waals surface area contributed by atoms with Crippen molar-refractivity contribution in [2.24, 2.45) is 0 Å². The lowest BCUT2D eigenvalue weighted by Crippen LogP contribution is -2.28. The topological polar surface area (TPSA) is 88.7 Å². The van der Waals surface area contributed by atoms with Crippen LogP contribution in [0.4, 0.5) is 16.2 Å². The number of carbonyl (C=O) groups excluding carboxylic acids is 2. The Labute approximate surface area is 164 Å². The summed E-state index contributed by atoms with van der Waals surface area (Å²) in [7, 11) is 0. The average molecular weight is 383 g/mol. The molecule has 3 N–H and O–H groups in total. The van der Waals surface area contributed by atoms with Gasteiger partial charge in [0.15, 0.2) is 18.1 Å². The van der Waals surface area contributed by atoms with Crippen molar-refractivity contribution in [1.29, 1.82) is 0 Å². The Morgan fingerprint density at radius 2 is 1.82 bits per heavy atom. The van der Waals surface area contributed by atoms with Gasteiger partial charge in [-0.05, 0) is 45.0 Å². The van der Waals surface area contributed by atoms with Crippen molar-refractivity contribution in [1.82, 2.24) is 5.32 Å². The van der Waals surface area contributed by atoms with Crippen LogP contribution in [0.25, 0.3) is 0 Å². The summed E-state index contributed by atoms with van der Waals surface area (Å²) in [6.07, 6.45) is 0.803. The molecule has 1 aliphatic rings. The van der Waals surface area contributed by atoms with Crippen molar-refractivity contribution in [2.45, 2.75) is 32.8 Å². The van der Waals surface area contributed by atoms with E-state index in [0.717, 1.165) is 12.0 Å². The van der Waals surface area contributed by atoms with E-state index in [1.54, 1.807) is 30.3 Å². The molecule has 0 spiro atoms. The minimum atomic E-state index is -0.301. The van der Waals surface area contributed by atoms with E-state index in [1.807, 2.05) is 32.9 Å². The minimum absolute atomic E-state index is 0.145. The molecule has 7 nitrogen and oxygen atoms in total. The summed E-state index contributed by atoms with van der Waals surface area (Å²) in [5.74, 6) is 0.961. The van der Waals surface area contributed by atoms with Gasteiger partial charge < -0.3 is 25.4 Å². The Hall–Kier alpha value is -3.22. The first-order valence-corrected chi connectivity index (χ1v) is 9.25. The van der Waals surface area contributed by atoms with Gasteiger partial charge in [0, 0.05) is 29.9 Å². The van der Waals surface area contributed by atoms with Gasteiger partial charge in [-0.1, -0.05) is 18.2 Å². The van der Waals surface area contributed by atoms with Crippen molar-refractivity contribution in [3.05, 3.63) is 48.0 Å². The molecule has 0 unspecified atom stereocenters. The fraction of sp³-hybridized carbons (Fsp3) is 0.333. The molecule has 0 fully saturated rings. The number of carbonyl (C=O) groups is 2. The van der Waals surface area contributed by atoms with Gasteiger partial charge in [0.2, 0.25) is 0 Å². The van der Waals surface area contributed by atoms with Crippen LogP contribution in [0.15, 0.2) is 42.5 Å². The summed E-state index contributed by atoms with van der Waals surface area (Å²) in [5.41, 5.74) is 1.95. The van der Waals surface area contributed by atoms with Crippen molar-refractivity contribution in [2.75, 3.05) is 23.8 Å². The summed E-state index contributed by atoms with van der Waals surface area (Å²) in [6.45, 7) is 6.26. The second-order valence-corrected chi connectivity index (χ2v) is 7.19. The highest BCUT2D eigenvalue weighted by atomic mass is 16.5. The summed E-state index contributed by atoms with van der Waals surface area (Å²) >= 11 is 0. The molecule has 0 radical (unpaired) electrons. The molecule has 0 bridgehead atoms. The summed E-state index contributed by atoms with van der Waals surface area (Å²) in [4.78, 5) is 23.9. The predicted octanol–water partition coefficient (Wildman–Crippen LogP) is 3.56.